The van der Waals surface area contributed by atoms with E-state index in [2.05, 4.69) is 18.2 Å². The number of fused-ring (bicyclic) bond motifs is 1. The zero-order chi connectivity index (χ0) is 12.4. The van der Waals surface area contributed by atoms with Crippen molar-refractivity contribution in [2.45, 2.75) is 56.9 Å². The van der Waals surface area contributed by atoms with Gasteiger partial charge < -0.3 is 10.5 Å². The van der Waals surface area contributed by atoms with Crippen LogP contribution in [0.15, 0.2) is 18.2 Å². The fraction of sp³-hybridized carbons (Fsp3) is 0.625. The molecule has 0 aromatic heterocycles. The normalized spacial score (nSPS) is 22.7. The third-order valence-electron chi connectivity index (χ3n) is 4.47. The van der Waals surface area contributed by atoms with E-state index in [9.17, 15) is 0 Å². The summed E-state index contributed by atoms with van der Waals surface area (Å²) >= 11 is 0. The Morgan fingerprint density at radius 1 is 1.00 bits per heavy atom. The van der Waals surface area contributed by atoms with Gasteiger partial charge in [0.25, 0.3) is 0 Å². The number of hydrogen-bond donors (Lipinski definition) is 1. The van der Waals surface area contributed by atoms with Gasteiger partial charge in [-0.25, -0.2) is 0 Å². The molecule has 0 saturated heterocycles. The molecule has 18 heavy (non-hydrogen) atoms. The molecule has 2 aliphatic rings. The van der Waals surface area contributed by atoms with Crippen molar-refractivity contribution in [3.05, 3.63) is 29.3 Å². The highest BCUT2D eigenvalue weighted by atomic mass is 16.5. The Labute approximate surface area is 110 Å². The first-order valence-electron chi connectivity index (χ1n) is 7.34. The Hall–Kier alpha value is -1.02. The van der Waals surface area contributed by atoms with Gasteiger partial charge in [-0.05, 0) is 31.2 Å². The Bertz CT molecular complexity index is 419. The van der Waals surface area contributed by atoms with Crippen LogP contribution in [0.5, 0.6) is 5.75 Å². The predicted molar refractivity (Wildman–Crippen MR) is 73.8 cm³/mol. The molecule has 1 aliphatic heterocycles. The molecule has 2 nitrogen and oxygen atoms in total. The van der Waals surface area contributed by atoms with Gasteiger partial charge in [0.15, 0.2) is 0 Å². The van der Waals surface area contributed by atoms with E-state index in [4.69, 9.17) is 10.5 Å². The zero-order valence-electron chi connectivity index (χ0n) is 11.1. The van der Waals surface area contributed by atoms with Crippen LogP contribution in [0.3, 0.4) is 0 Å². The lowest BCUT2D eigenvalue weighted by Gasteiger charge is -2.32. The van der Waals surface area contributed by atoms with Crippen molar-refractivity contribution < 1.29 is 4.74 Å². The Balaban J connectivity index is 1.99. The van der Waals surface area contributed by atoms with Gasteiger partial charge in [0.1, 0.15) is 5.75 Å². The van der Waals surface area contributed by atoms with E-state index < -0.39 is 0 Å². The first-order valence-corrected chi connectivity index (χ1v) is 7.34. The molecule has 0 bridgehead atoms. The fourth-order valence-electron chi connectivity index (χ4n) is 3.41. The minimum Gasteiger partial charge on any atom is -0.493 e. The van der Waals surface area contributed by atoms with Crippen LogP contribution >= 0.6 is 0 Å². The molecule has 1 aliphatic carbocycles. The van der Waals surface area contributed by atoms with Crippen LogP contribution in [-0.2, 0) is 12.0 Å². The van der Waals surface area contributed by atoms with Crippen molar-refractivity contribution in [3.8, 4) is 5.75 Å². The SMILES string of the molecule is NC1(c2cccc3c2OCCC3)CCCCCC1. The van der Waals surface area contributed by atoms with Crippen LogP contribution in [0.1, 0.15) is 56.1 Å². The third-order valence-corrected chi connectivity index (χ3v) is 4.47. The molecule has 0 atom stereocenters. The Morgan fingerprint density at radius 3 is 2.56 bits per heavy atom. The molecule has 2 N–H and O–H groups in total. The lowest BCUT2D eigenvalue weighted by Crippen LogP contribution is -2.37. The molecule has 0 amide bonds. The molecule has 0 unspecified atom stereocenters. The average Bonchev–Trinajstić information content (AvgIpc) is 2.64. The lowest BCUT2D eigenvalue weighted by atomic mass is 9.82. The van der Waals surface area contributed by atoms with Gasteiger partial charge in [-0.1, -0.05) is 43.9 Å². The number of para-hydroxylation sites is 1. The first kappa shape index (κ1) is 12.0. The second kappa shape index (κ2) is 4.93. The number of hydrogen-bond acceptors (Lipinski definition) is 2. The first-order chi connectivity index (χ1) is 8.80. The van der Waals surface area contributed by atoms with Crippen molar-refractivity contribution in [1.29, 1.82) is 0 Å². The van der Waals surface area contributed by atoms with Gasteiger partial charge in [-0.15, -0.1) is 0 Å². The lowest BCUT2D eigenvalue weighted by molar-refractivity contribution is 0.270. The van der Waals surface area contributed by atoms with Crippen molar-refractivity contribution in [3.63, 3.8) is 0 Å². The molecule has 3 rings (SSSR count). The number of nitrogens with two attached hydrogens (primary N) is 1. The highest BCUT2D eigenvalue weighted by Crippen LogP contribution is 2.41. The van der Waals surface area contributed by atoms with Crippen molar-refractivity contribution in [2.24, 2.45) is 5.73 Å². The van der Waals surface area contributed by atoms with E-state index in [1.165, 1.54) is 36.8 Å². The molecule has 2 heteroatoms. The average molecular weight is 245 g/mol. The maximum atomic E-state index is 6.72. The molecular weight excluding hydrogens is 222 g/mol. The van der Waals surface area contributed by atoms with Gasteiger partial charge in [-0.3, -0.25) is 0 Å². The van der Waals surface area contributed by atoms with Crippen molar-refractivity contribution in [1.82, 2.24) is 0 Å². The molecule has 1 fully saturated rings. The second-order valence-corrected chi connectivity index (χ2v) is 5.82. The summed E-state index contributed by atoms with van der Waals surface area (Å²) in [6.45, 7) is 0.847. The van der Waals surface area contributed by atoms with Crippen molar-refractivity contribution in [2.75, 3.05) is 6.61 Å². The summed E-state index contributed by atoms with van der Waals surface area (Å²) in [5, 5.41) is 0. The molecule has 1 aromatic carbocycles. The van der Waals surface area contributed by atoms with Crippen LogP contribution in [-0.4, -0.2) is 6.61 Å². The molecule has 1 heterocycles. The maximum Gasteiger partial charge on any atom is 0.127 e. The van der Waals surface area contributed by atoms with E-state index >= 15 is 0 Å². The number of rotatable bonds is 1. The summed E-state index contributed by atoms with van der Waals surface area (Å²) in [5.74, 6) is 1.10. The Kier molecular flexibility index (Phi) is 3.29. The maximum absolute atomic E-state index is 6.72. The zero-order valence-corrected chi connectivity index (χ0v) is 11.1. The molecular formula is C16H23NO. The van der Waals surface area contributed by atoms with E-state index in [-0.39, 0.29) is 5.54 Å². The van der Waals surface area contributed by atoms with E-state index in [0.717, 1.165) is 38.0 Å². The summed E-state index contributed by atoms with van der Waals surface area (Å²) in [6.07, 6.45) is 9.64. The summed E-state index contributed by atoms with van der Waals surface area (Å²) in [7, 11) is 0. The summed E-state index contributed by atoms with van der Waals surface area (Å²) in [5.41, 5.74) is 9.19. The predicted octanol–water partition coefficient (Wildman–Crippen LogP) is 3.52. The second-order valence-electron chi connectivity index (χ2n) is 5.82. The van der Waals surface area contributed by atoms with Crippen LogP contribution in [0.4, 0.5) is 0 Å². The third kappa shape index (κ3) is 2.14. The largest absolute Gasteiger partial charge is 0.493 e. The minimum atomic E-state index is -0.154. The number of ether oxygens (including phenoxy) is 1. The van der Waals surface area contributed by atoms with Crippen LogP contribution < -0.4 is 10.5 Å². The number of benzene rings is 1. The van der Waals surface area contributed by atoms with Gasteiger partial charge in [-0.2, -0.15) is 0 Å². The van der Waals surface area contributed by atoms with E-state index in [1.54, 1.807) is 0 Å². The highest BCUT2D eigenvalue weighted by molar-refractivity contribution is 5.46. The van der Waals surface area contributed by atoms with E-state index in [0.29, 0.717) is 0 Å². The van der Waals surface area contributed by atoms with Gasteiger partial charge >= 0.3 is 0 Å². The monoisotopic (exact) mass is 245 g/mol. The van der Waals surface area contributed by atoms with Crippen LogP contribution in [0.25, 0.3) is 0 Å². The molecule has 1 saturated carbocycles. The topological polar surface area (TPSA) is 35.2 Å². The molecule has 98 valence electrons. The number of aryl methyl sites for hydroxylation is 1. The van der Waals surface area contributed by atoms with Gasteiger partial charge in [0.05, 0.1) is 6.61 Å². The Morgan fingerprint density at radius 2 is 1.78 bits per heavy atom. The molecule has 0 radical (unpaired) electrons. The van der Waals surface area contributed by atoms with Crippen LogP contribution in [0.2, 0.25) is 0 Å². The highest BCUT2D eigenvalue weighted by Gasteiger charge is 2.32. The summed E-state index contributed by atoms with van der Waals surface area (Å²) in [4.78, 5) is 0. The summed E-state index contributed by atoms with van der Waals surface area (Å²) < 4.78 is 5.93. The summed E-state index contributed by atoms with van der Waals surface area (Å²) in [6, 6.07) is 6.54. The molecule has 0 spiro atoms. The minimum absolute atomic E-state index is 0.154. The standard InChI is InChI=1S/C16H23NO/c17-16(10-3-1-2-4-11-16)14-9-5-7-13-8-6-12-18-15(13)14/h5,7,9H,1-4,6,8,10-12,17H2. The quantitative estimate of drug-likeness (QED) is 0.768. The van der Waals surface area contributed by atoms with Crippen LogP contribution in [0, 0.1) is 0 Å². The van der Waals surface area contributed by atoms with Gasteiger partial charge in [0.2, 0.25) is 0 Å². The smallest absolute Gasteiger partial charge is 0.127 e. The van der Waals surface area contributed by atoms with Crippen molar-refractivity contribution >= 4 is 0 Å². The fourth-order valence-corrected chi connectivity index (χ4v) is 3.41. The van der Waals surface area contributed by atoms with Gasteiger partial charge in [0, 0.05) is 11.1 Å². The van der Waals surface area contributed by atoms with E-state index in [1.807, 2.05) is 0 Å². The molecule has 1 aromatic rings.